The molecular formula is C16H14ClNO5S. The molecule has 0 bridgehead atoms. The van der Waals surface area contributed by atoms with Gasteiger partial charge in [0.1, 0.15) is 0 Å². The van der Waals surface area contributed by atoms with Crippen molar-refractivity contribution in [1.29, 1.82) is 0 Å². The molecule has 1 N–H and O–H groups in total. The first-order chi connectivity index (χ1) is 11.3. The number of carbonyl (C=O) groups is 2. The van der Waals surface area contributed by atoms with Gasteiger partial charge in [-0.3, -0.25) is 9.52 Å². The number of rotatable bonds is 6. The van der Waals surface area contributed by atoms with Crippen molar-refractivity contribution in [2.45, 2.75) is 0 Å². The largest absolute Gasteiger partial charge is 0.421 e. The molecule has 0 aliphatic carbocycles. The van der Waals surface area contributed by atoms with Crippen molar-refractivity contribution in [3.05, 3.63) is 59.7 Å². The van der Waals surface area contributed by atoms with Gasteiger partial charge in [0.05, 0.1) is 23.4 Å². The van der Waals surface area contributed by atoms with Crippen LogP contribution in [0.2, 0.25) is 0 Å². The SMILES string of the molecule is CS(=O)(=O)Nc1cc(C(=O)CCl)ccc1OC(=O)c1ccccc1. The maximum atomic E-state index is 12.1. The first-order valence-corrected chi connectivity index (χ1v) is 9.21. The van der Waals surface area contributed by atoms with Crippen LogP contribution in [0.25, 0.3) is 0 Å². The predicted octanol–water partition coefficient (Wildman–Crippen LogP) is 2.70. The molecule has 0 aliphatic heterocycles. The van der Waals surface area contributed by atoms with Crippen LogP contribution in [0.4, 0.5) is 5.69 Å². The van der Waals surface area contributed by atoms with Crippen molar-refractivity contribution in [2.75, 3.05) is 16.9 Å². The molecule has 0 spiro atoms. The zero-order valence-electron chi connectivity index (χ0n) is 12.7. The lowest BCUT2D eigenvalue weighted by Crippen LogP contribution is -2.14. The molecule has 0 aromatic heterocycles. The van der Waals surface area contributed by atoms with Gasteiger partial charge in [-0.2, -0.15) is 0 Å². The zero-order chi connectivity index (χ0) is 17.7. The van der Waals surface area contributed by atoms with E-state index in [9.17, 15) is 18.0 Å². The lowest BCUT2D eigenvalue weighted by atomic mass is 10.1. The first-order valence-electron chi connectivity index (χ1n) is 6.78. The van der Waals surface area contributed by atoms with Crippen LogP contribution in [-0.4, -0.2) is 32.3 Å². The van der Waals surface area contributed by atoms with Crippen LogP contribution >= 0.6 is 11.6 Å². The minimum atomic E-state index is -3.63. The second-order valence-corrected chi connectivity index (χ2v) is 6.91. The zero-order valence-corrected chi connectivity index (χ0v) is 14.2. The number of ether oxygens (including phenoxy) is 1. The molecule has 2 aromatic rings. The van der Waals surface area contributed by atoms with Crippen molar-refractivity contribution in [2.24, 2.45) is 0 Å². The van der Waals surface area contributed by atoms with Gasteiger partial charge in [-0.25, -0.2) is 13.2 Å². The Morgan fingerprint density at radius 1 is 1.08 bits per heavy atom. The number of hydrogen-bond acceptors (Lipinski definition) is 5. The summed E-state index contributed by atoms with van der Waals surface area (Å²) in [6, 6.07) is 12.3. The normalized spacial score (nSPS) is 10.9. The first kappa shape index (κ1) is 18.0. The number of Topliss-reactive ketones (excluding diaryl/α,β-unsaturated/α-hetero) is 1. The van der Waals surface area contributed by atoms with Gasteiger partial charge in [0.2, 0.25) is 10.0 Å². The second-order valence-electron chi connectivity index (χ2n) is 4.90. The highest BCUT2D eigenvalue weighted by Gasteiger charge is 2.16. The molecule has 0 unspecified atom stereocenters. The number of carbonyl (C=O) groups excluding carboxylic acids is 2. The fraction of sp³-hybridized carbons (Fsp3) is 0.125. The Labute approximate surface area is 144 Å². The van der Waals surface area contributed by atoms with E-state index in [1.807, 2.05) is 0 Å². The Balaban J connectivity index is 2.37. The van der Waals surface area contributed by atoms with E-state index in [-0.39, 0.29) is 28.7 Å². The summed E-state index contributed by atoms with van der Waals surface area (Å²) in [7, 11) is -3.63. The van der Waals surface area contributed by atoms with E-state index in [1.54, 1.807) is 30.3 Å². The van der Waals surface area contributed by atoms with Gasteiger partial charge in [-0.05, 0) is 30.3 Å². The number of anilines is 1. The number of halogens is 1. The van der Waals surface area contributed by atoms with Crippen LogP contribution in [-0.2, 0) is 10.0 Å². The molecule has 0 atom stereocenters. The topological polar surface area (TPSA) is 89.5 Å². The summed E-state index contributed by atoms with van der Waals surface area (Å²) in [5.41, 5.74) is 0.497. The number of ketones is 1. The van der Waals surface area contributed by atoms with E-state index in [1.165, 1.54) is 18.2 Å². The molecule has 24 heavy (non-hydrogen) atoms. The van der Waals surface area contributed by atoms with Gasteiger partial charge >= 0.3 is 5.97 Å². The van der Waals surface area contributed by atoms with E-state index in [0.29, 0.717) is 5.56 Å². The van der Waals surface area contributed by atoms with Crippen molar-refractivity contribution >= 4 is 39.1 Å². The average Bonchev–Trinajstić information content (AvgIpc) is 2.55. The molecule has 0 heterocycles. The molecule has 2 aromatic carbocycles. The smallest absolute Gasteiger partial charge is 0.343 e. The van der Waals surface area contributed by atoms with E-state index in [4.69, 9.17) is 16.3 Å². The minimum absolute atomic E-state index is 0.0135. The van der Waals surface area contributed by atoms with Crippen molar-refractivity contribution in [3.8, 4) is 5.75 Å². The number of sulfonamides is 1. The van der Waals surface area contributed by atoms with Gasteiger partial charge in [0.15, 0.2) is 11.5 Å². The van der Waals surface area contributed by atoms with Crippen LogP contribution < -0.4 is 9.46 Å². The minimum Gasteiger partial charge on any atom is -0.421 e. The Bertz CT molecular complexity index is 865. The summed E-state index contributed by atoms with van der Waals surface area (Å²) < 4.78 is 30.5. The van der Waals surface area contributed by atoms with Crippen molar-refractivity contribution in [1.82, 2.24) is 0 Å². The summed E-state index contributed by atoms with van der Waals surface area (Å²) in [6.45, 7) is 0. The van der Waals surface area contributed by atoms with Crippen LogP contribution in [0.5, 0.6) is 5.75 Å². The second kappa shape index (κ2) is 7.46. The Hall–Kier alpha value is -2.38. The Morgan fingerprint density at radius 3 is 2.33 bits per heavy atom. The summed E-state index contributed by atoms with van der Waals surface area (Å²) in [5, 5.41) is 0. The van der Waals surface area contributed by atoms with Crippen molar-refractivity contribution in [3.63, 3.8) is 0 Å². The molecule has 0 saturated heterocycles. The lowest BCUT2D eigenvalue weighted by Gasteiger charge is -2.12. The van der Waals surface area contributed by atoms with Crippen molar-refractivity contribution < 1.29 is 22.7 Å². The Kier molecular flexibility index (Phi) is 5.58. The Morgan fingerprint density at radius 2 is 1.75 bits per heavy atom. The molecule has 2 rings (SSSR count). The fourth-order valence-corrected chi connectivity index (χ4v) is 2.60. The molecule has 0 saturated carbocycles. The standard InChI is InChI=1S/C16H14ClNO5S/c1-24(21,22)18-13-9-12(14(19)10-17)7-8-15(13)23-16(20)11-5-3-2-4-6-11/h2-9,18H,10H2,1H3. The highest BCUT2D eigenvalue weighted by Crippen LogP contribution is 2.28. The summed E-state index contributed by atoms with van der Waals surface area (Å²) in [6.07, 6.45) is 0.950. The quantitative estimate of drug-likeness (QED) is 0.367. The summed E-state index contributed by atoms with van der Waals surface area (Å²) >= 11 is 5.50. The molecule has 0 amide bonds. The van der Waals surface area contributed by atoms with E-state index in [0.717, 1.165) is 6.26 Å². The molecular weight excluding hydrogens is 354 g/mol. The monoisotopic (exact) mass is 367 g/mol. The number of nitrogens with one attached hydrogen (secondary N) is 1. The van der Waals surface area contributed by atoms with Gasteiger partial charge in [-0.15, -0.1) is 11.6 Å². The molecule has 126 valence electrons. The molecule has 0 fully saturated rings. The van der Waals surface area contributed by atoms with Crippen LogP contribution in [0.1, 0.15) is 20.7 Å². The summed E-state index contributed by atoms with van der Waals surface area (Å²) in [5.74, 6) is -1.29. The van der Waals surface area contributed by atoms with Gasteiger partial charge < -0.3 is 4.74 Å². The highest BCUT2D eigenvalue weighted by molar-refractivity contribution is 7.92. The third kappa shape index (κ3) is 4.81. The van der Waals surface area contributed by atoms with Gasteiger partial charge in [-0.1, -0.05) is 18.2 Å². The van der Waals surface area contributed by atoms with E-state index >= 15 is 0 Å². The van der Waals surface area contributed by atoms with Gasteiger partial charge in [0, 0.05) is 5.56 Å². The third-order valence-electron chi connectivity index (χ3n) is 2.93. The van der Waals surface area contributed by atoms with E-state index < -0.39 is 16.0 Å². The number of alkyl halides is 1. The maximum absolute atomic E-state index is 12.1. The molecule has 0 aliphatic rings. The summed E-state index contributed by atoms with van der Waals surface area (Å²) in [4.78, 5) is 23.8. The van der Waals surface area contributed by atoms with Gasteiger partial charge in [0.25, 0.3) is 0 Å². The molecule has 8 heteroatoms. The van der Waals surface area contributed by atoms with Crippen LogP contribution in [0.3, 0.4) is 0 Å². The lowest BCUT2D eigenvalue weighted by molar-refractivity contribution is 0.0735. The average molecular weight is 368 g/mol. The highest BCUT2D eigenvalue weighted by atomic mass is 35.5. The third-order valence-corrected chi connectivity index (χ3v) is 3.76. The van der Waals surface area contributed by atoms with Crippen LogP contribution in [0.15, 0.2) is 48.5 Å². The molecule has 6 nitrogen and oxygen atoms in total. The maximum Gasteiger partial charge on any atom is 0.343 e. The number of hydrogen-bond donors (Lipinski definition) is 1. The van der Waals surface area contributed by atoms with E-state index in [2.05, 4.69) is 4.72 Å². The van der Waals surface area contributed by atoms with Crippen LogP contribution in [0, 0.1) is 0 Å². The molecule has 0 radical (unpaired) electrons. The number of esters is 1. The fourth-order valence-electron chi connectivity index (χ4n) is 1.88. The number of benzene rings is 2. The predicted molar refractivity (Wildman–Crippen MR) is 91.4 cm³/mol.